The molecule has 0 N–H and O–H groups in total. The van der Waals surface area contributed by atoms with Crippen molar-refractivity contribution in [3.63, 3.8) is 0 Å². The number of piperazine rings is 1. The van der Waals surface area contributed by atoms with Crippen molar-refractivity contribution in [2.75, 3.05) is 31.1 Å². The molecule has 130 valence electrons. The summed E-state index contributed by atoms with van der Waals surface area (Å²) < 4.78 is 40.8. The number of aryl methyl sites for hydroxylation is 1. The van der Waals surface area contributed by atoms with E-state index in [4.69, 9.17) is 11.6 Å². The van der Waals surface area contributed by atoms with Crippen LogP contribution in [0, 0.1) is 0 Å². The van der Waals surface area contributed by atoms with Crippen LogP contribution in [-0.2, 0) is 19.8 Å². The standard InChI is InChI=1S/C16H18ClF3N4/c1-22-13(4-5-21-22)11-23-6-8-24(9-7-23)12-2-3-15(17)14(10-12)16(18,19)20/h2-5,10H,6-9,11H2,1H3. The molecule has 0 amide bonds. The second-order valence-electron chi connectivity index (χ2n) is 5.87. The Morgan fingerprint density at radius 1 is 1.12 bits per heavy atom. The Morgan fingerprint density at radius 3 is 2.42 bits per heavy atom. The van der Waals surface area contributed by atoms with Crippen LogP contribution < -0.4 is 4.90 Å². The van der Waals surface area contributed by atoms with Crippen molar-refractivity contribution in [3.8, 4) is 0 Å². The van der Waals surface area contributed by atoms with Crippen molar-refractivity contribution in [1.29, 1.82) is 0 Å². The fraction of sp³-hybridized carbons (Fsp3) is 0.438. The van der Waals surface area contributed by atoms with E-state index in [9.17, 15) is 13.2 Å². The molecule has 0 atom stereocenters. The van der Waals surface area contributed by atoms with Crippen molar-refractivity contribution < 1.29 is 13.2 Å². The number of alkyl halides is 3. The van der Waals surface area contributed by atoms with E-state index in [0.29, 0.717) is 18.8 Å². The second kappa shape index (κ2) is 6.64. The number of anilines is 1. The minimum atomic E-state index is -4.44. The van der Waals surface area contributed by atoms with Gasteiger partial charge in [-0.1, -0.05) is 11.6 Å². The fourth-order valence-corrected chi connectivity index (χ4v) is 3.10. The van der Waals surface area contributed by atoms with Crippen molar-refractivity contribution in [3.05, 3.63) is 46.7 Å². The summed E-state index contributed by atoms with van der Waals surface area (Å²) in [4.78, 5) is 4.24. The third-order valence-corrected chi connectivity index (χ3v) is 4.63. The van der Waals surface area contributed by atoms with Crippen LogP contribution in [-0.4, -0.2) is 40.9 Å². The molecule has 24 heavy (non-hydrogen) atoms. The molecule has 0 saturated carbocycles. The molecule has 0 aliphatic carbocycles. The topological polar surface area (TPSA) is 24.3 Å². The largest absolute Gasteiger partial charge is 0.417 e. The zero-order valence-electron chi connectivity index (χ0n) is 13.2. The lowest BCUT2D eigenvalue weighted by atomic mass is 10.1. The lowest BCUT2D eigenvalue weighted by Crippen LogP contribution is -2.46. The van der Waals surface area contributed by atoms with E-state index >= 15 is 0 Å². The van der Waals surface area contributed by atoms with Gasteiger partial charge < -0.3 is 4.90 Å². The molecule has 8 heteroatoms. The molecule has 1 saturated heterocycles. The summed E-state index contributed by atoms with van der Waals surface area (Å²) in [5, 5.41) is 3.88. The van der Waals surface area contributed by atoms with Gasteiger partial charge in [0.15, 0.2) is 0 Å². The van der Waals surface area contributed by atoms with Crippen LogP contribution >= 0.6 is 11.6 Å². The van der Waals surface area contributed by atoms with Crippen LogP contribution in [0.3, 0.4) is 0 Å². The molecule has 1 aromatic heterocycles. The normalized spacial score (nSPS) is 16.6. The lowest BCUT2D eigenvalue weighted by molar-refractivity contribution is -0.137. The Balaban J connectivity index is 1.66. The quantitative estimate of drug-likeness (QED) is 0.840. The Labute approximate surface area is 143 Å². The smallest absolute Gasteiger partial charge is 0.369 e. The van der Waals surface area contributed by atoms with E-state index in [2.05, 4.69) is 10.00 Å². The van der Waals surface area contributed by atoms with Crippen LogP contribution in [0.15, 0.2) is 30.5 Å². The third kappa shape index (κ3) is 3.67. The van der Waals surface area contributed by atoms with E-state index in [1.165, 1.54) is 6.07 Å². The zero-order valence-corrected chi connectivity index (χ0v) is 14.0. The average molecular weight is 359 g/mol. The van der Waals surface area contributed by atoms with Gasteiger partial charge in [0.25, 0.3) is 0 Å². The number of rotatable bonds is 3. The van der Waals surface area contributed by atoms with Gasteiger partial charge in [0.1, 0.15) is 0 Å². The van der Waals surface area contributed by atoms with Gasteiger partial charge in [-0.05, 0) is 24.3 Å². The molecule has 0 radical (unpaired) electrons. The lowest BCUT2D eigenvalue weighted by Gasteiger charge is -2.36. The number of aromatic nitrogens is 2. The van der Waals surface area contributed by atoms with Gasteiger partial charge in [-0.2, -0.15) is 18.3 Å². The van der Waals surface area contributed by atoms with Crippen molar-refractivity contribution >= 4 is 17.3 Å². The molecule has 4 nitrogen and oxygen atoms in total. The Kier molecular flexibility index (Phi) is 4.73. The molecule has 0 bridgehead atoms. The summed E-state index contributed by atoms with van der Waals surface area (Å²) >= 11 is 5.68. The van der Waals surface area contributed by atoms with E-state index in [-0.39, 0.29) is 5.02 Å². The fourth-order valence-electron chi connectivity index (χ4n) is 2.88. The van der Waals surface area contributed by atoms with Gasteiger partial charge in [-0.3, -0.25) is 9.58 Å². The SMILES string of the molecule is Cn1nccc1CN1CCN(c2ccc(Cl)c(C(F)(F)F)c2)CC1. The number of hydrogen-bond acceptors (Lipinski definition) is 3. The molecule has 2 aromatic rings. The number of benzene rings is 1. The maximum Gasteiger partial charge on any atom is 0.417 e. The van der Waals surface area contributed by atoms with E-state index in [1.807, 2.05) is 22.7 Å². The molecule has 3 rings (SSSR count). The maximum atomic E-state index is 13.0. The minimum Gasteiger partial charge on any atom is -0.369 e. The summed E-state index contributed by atoms with van der Waals surface area (Å²) in [5.41, 5.74) is 0.903. The highest BCUT2D eigenvalue weighted by Gasteiger charge is 2.34. The Bertz CT molecular complexity index is 706. The van der Waals surface area contributed by atoms with E-state index in [0.717, 1.165) is 31.4 Å². The van der Waals surface area contributed by atoms with Crippen LogP contribution in [0.4, 0.5) is 18.9 Å². The third-order valence-electron chi connectivity index (χ3n) is 4.30. The molecule has 1 aliphatic heterocycles. The van der Waals surface area contributed by atoms with Gasteiger partial charge in [0, 0.05) is 51.7 Å². The zero-order chi connectivity index (χ0) is 17.3. The molecular weight excluding hydrogens is 341 g/mol. The average Bonchev–Trinajstić information content (AvgIpc) is 2.93. The van der Waals surface area contributed by atoms with Crippen LogP contribution in [0.5, 0.6) is 0 Å². The van der Waals surface area contributed by atoms with Gasteiger partial charge in [0.2, 0.25) is 0 Å². The van der Waals surface area contributed by atoms with E-state index in [1.54, 1.807) is 12.3 Å². The molecule has 1 fully saturated rings. The predicted molar refractivity (Wildman–Crippen MR) is 87.2 cm³/mol. The Hall–Kier alpha value is -1.73. The van der Waals surface area contributed by atoms with Gasteiger partial charge in [0.05, 0.1) is 16.3 Å². The first-order valence-electron chi connectivity index (χ1n) is 7.65. The summed E-state index contributed by atoms with van der Waals surface area (Å²) in [5.74, 6) is 0. The predicted octanol–water partition coefficient (Wildman–Crippen LogP) is 3.41. The van der Waals surface area contributed by atoms with Gasteiger partial charge >= 0.3 is 6.18 Å². The second-order valence-corrected chi connectivity index (χ2v) is 6.28. The molecule has 1 aliphatic rings. The molecule has 1 aromatic carbocycles. The van der Waals surface area contributed by atoms with Crippen LogP contribution in [0.25, 0.3) is 0 Å². The van der Waals surface area contributed by atoms with Gasteiger partial charge in [-0.15, -0.1) is 0 Å². The number of hydrogen-bond donors (Lipinski definition) is 0. The van der Waals surface area contributed by atoms with Crippen molar-refractivity contribution in [2.45, 2.75) is 12.7 Å². The Morgan fingerprint density at radius 2 is 1.83 bits per heavy atom. The summed E-state index contributed by atoms with van der Waals surface area (Å²) in [7, 11) is 1.90. The monoisotopic (exact) mass is 358 g/mol. The van der Waals surface area contributed by atoms with Crippen LogP contribution in [0.2, 0.25) is 5.02 Å². The minimum absolute atomic E-state index is 0.263. The van der Waals surface area contributed by atoms with Crippen molar-refractivity contribution in [1.82, 2.24) is 14.7 Å². The molecule has 0 spiro atoms. The first-order chi connectivity index (χ1) is 11.3. The maximum absolute atomic E-state index is 13.0. The van der Waals surface area contributed by atoms with Crippen LogP contribution in [0.1, 0.15) is 11.3 Å². The van der Waals surface area contributed by atoms with Gasteiger partial charge in [-0.25, -0.2) is 0 Å². The first kappa shape index (κ1) is 17.1. The summed E-state index contributed by atoms with van der Waals surface area (Å²) in [6.07, 6.45) is -2.67. The highest BCUT2D eigenvalue weighted by Crippen LogP contribution is 2.37. The number of nitrogens with zero attached hydrogens (tertiary/aromatic N) is 4. The molecular formula is C16H18ClF3N4. The van der Waals surface area contributed by atoms with E-state index < -0.39 is 11.7 Å². The number of halogens is 4. The van der Waals surface area contributed by atoms with Crippen molar-refractivity contribution in [2.24, 2.45) is 7.05 Å². The highest BCUT2D eigenvalue weighted by atomic mass is 35.5. The molecule has 2 heterocycles. The summed E-state index contributed by atoms with van der Waals surface area (Å²) in [6.45, 7) is 3.72. The summed E-state index contributed by atoms with van der Waals surface area (Å²) in [6, 6.07) is 6.08. The highest BCUT2D eigenvalue weighted by molar-refractivity contribution is 6.31. The molecule has 0 unspecified atom stereocenters. The first-order valence-corrected chi connectivity index (χ1v) is 8.03.